The number of anilines is 1. The van der Waals surface area contributed by atoms with E-state index in [4.69, 9.17) is 5.11 Å². The van der Waals surface area contributed by atoms with Crippen molar-refractivity contribution in [2.75, 3.05) is 17.7 Å². The number of thioether (sulfide) groups is 1. The second-order valence-corrected chi connectivity index (χ2v) is 8.11. The second kappa shape index (κ2) is 9.39. The van der Waals surface area contributed by atoms with Gasteiger partial charge in [0, 0.05) is 30.1 Å². The van der Waals surface area contributed by atoms with Gasteiger partial charge in [-0.3, -0.25) is 9.36 Å². The number of hydrogen-bond donors (Lipinski definition) is 2. The highest BCUT2D eigenvalue weighted by molar-refractivity contribution is 8.00. The number of nitrogens with one attached hydrogen (secondary N) is 1. The Bertz CT molecular complexity index is 924. The minimum atomic E-state index is -0.286. The van der Waals surface area contributed by atoms with Crippen LogP contribution in [0, 0.1) is 13.8 Å². The zero-order chi connectivity index (χ0) is 20.1. The summed E-state index contributed by atoms with van der Waals surface area (Å²) in [7, 11) is 0. The molecule has 1 amide bonds. The van der Waals surface area contributed by atoms with Crippen LogP contribution in [0.5, 0.6) is 0 Å². The molecule has 2 aromatic rings. The summed E-state index contributed by atoms with van der Waals surface area (Å²) in [5, 5.41) is 12.7. The van der Waals surface area contributed by atoms with Crippen molar-refractivity contribution in [1.29, 1.82) is 0 Å². The number of aliphatic hydroxyl groups is 1. The molecule has 0 saturated carbocycles. The number of hydrogen-bond acceptors (Lipinski definition) is 5. The van der Waals surface area contributed by atoms with Gasteiger partial charge < -0.3 is 10.4 Å². The largest absolute Gasteiger partial charge is 0.396 e. The first-order valence-electron chi connectivity index (χ1n) is 9.73. The maximum atomic E-state index is 12.5. The van der Waals surface area contributed by atoms with Gasteiger partial charge in [-0.2, -0.15) is 4.98 Å². The van der Waals surface area contributed by atoms with Crippen molar-refractivity contribution in [2.24, 2.45) is 0 Å². The predicted octanol–water partition coefficient (Wildman–Crippen LogP) is 2.85. The number of carbonyl (C=O) groups excluding carboxylic acids is 1. The van der Waals surface area contributed by atoms with E-state index in [2.05, 4.69) is 10.3 Å². The summed E-state index contributed by atoms with van der Waals surface area (Å²) in [5.41, 5.74) is 4.84. The molecule has 1 aliphatic rings. The van der Waals surface area contributed by atoms with Gasteiger partial charge in [-0.05, 0) is 63.1 Å². The fourth-order valence-corrected chi connectivity index (χ4v) is 4.41. The van der Waals surface area contributed by atoms with Crippen LogP contribution in [0.25, 0.3) is 0 Å². The Morgan fingerprint density at radius 3 is 2.86 bits per heavy atom. The molecular weight excluding hydrogens is 374 g/mol. The maximum absolute atomic E-state index is 12.5. The molecule has 150 valence electrons. The number of nitrogens with zero attached hydrogens (tertiary/aromatic N) is 2. The lowest BCUT2D eigenvalue weighted by molar-refractivity contribution is -0.113. The van der Waals surface area contributed by atoms with Crippen LogP contribution in [0.4, 0.5) is 5.69 Å². The Hall–Kier alpha value is -2.12. The van der Waals surface area contributed by atoms with Crippen molar-refractivity contribution in [3.05, 3.63) is 51.1 Å². The predicted molar refractivity (Wildman–Crippen MR) is 112 cm³/mol. The number of aryl methyl sites for hydroxylation is 1. The van der Waals surface area contributed by atoms with Gasteiger partial charge in [0.1, 0.15) is 5.03 Å². The summed E-state index contributed by atoms with van der Waals surface area (Å²) in [4.78, 5) is 29.2. The summed E-state index contributed by atoms with van der Waals surface area (Å²) in [6.07, 6.45) is 4.38. The Kier molecular flexibility index (Phi) is 6.91. The molecule has 0 unspecified atom stereocenters. The van der Waals surface area contributed by atoms with E-state index in [-0.39, 0.29) is 24.0 Å². The number of rotatable bonds is 7. The fraction of sp³-hybridized carbons (Fsp3) is 0.476. The normalized spacial score (nSPS) is 13.2. The first kappa shape index (κ1) is 20.6. The van der Waals surface area contributed by atoms with Gasteiger partial charge in [-0.25, -0.2) is 4.79 Å². The third-order valence-electron chi connectivity index (χ3n) is 5.21. The smallest absolute Gasteiger partial charge is 0.348 e. The number of amides is 1. The lowest BCUT2D eigenvalue weighted by Crippen LogP contribution is -2.30. The van der Waals surface area contributed by atoms with E-state index in [0.717, 1.165) is 53.8 Å². The fourth-order valence-electron chi connectivity index (χ4n) is 3.53. The summed E-state index contributed by atoms with van der Waals surface area (Å²) in [6, 6.07) is 5.84. The van der Waals surface area contributed by atoms with E-state index in [0.29, 0.717) is 18.0 Å². The lowest BCUT2D eigenvalue weighted by atomic mass is 9.97. The van der Waals surface area contributed by atoms with E-state index in [9.17, 15) is 9.59 Å². The molecule has 0 aliphatic heterocycles. The number of carbonyl (C=O) groups is 1. The van der Waals surface area contributed by atoms with Crippen molar-refractivity contribution in [2.45, 2.75) is 57.5 Å². The Balaban J connectivity index is 1.75. The van der Waals surface area contributed by atoms with E-state index < -0.39 is 0 Å². The molecule has 1 aromatic carbocycles. The Morgan fingerprint density at radius 1 is 1.29 bits per heavy atom. The van der Waals surface area contributed by atoms with Crippen molar-refractivity contribution in [1.82, 2.24) is 9.55 Å². The van der Waals surface area contributed by atoms with Crippen LogP contribution in [-0.2, 0) is 24.2 Å². The molecule has 0 radical (unpaired) electrons. The molecular formula is C21H27N3O3S. The Labute approximate surface area is 169 Å². The van der Waals surface area contributed by atoms with Crippen LogP contribution in [0.15, 0.2) is 28.0 Å². The van der Waals surface area contributed by atoms with E-state index in [1.807, 2.05) is 32.0 Å². The zero-order valence-corrected chi connectivity index (χ0v) is 17.3. The number of benzene rings is 1. The molecule has 28 heavy (non-hydrogen) atoms. The quantitative estimate of drug-likeness (QED) is 0.551. The summed E-state index contributed by atoms with van der Waals surface area (Å²) in [5.74, 6) is 0.113. The third-order valence-corrected chi connectivity index (χ3v) is 6.23. The van der Waals surface area contributed by atoms with Crippen LogP contribution in [0.2, 0.25) is 0 Å². The second-order valence-electron chi connectivity index (χ2n) is 7.15. The topological polar surface area (TPSA) is 84.2 Å². The van der Waals surface area contributed by atoms with Crippen molar-refractivity contribution in [3.8, 4) is 0 Å². The van der Waals surface area contributed by atoms with Crippen LogP contribution >= 0.6 is 11.8 Å². The zero-order valence-electron chi connectivity index (χ0n) is 16.5. The minimum Gasteiger partial charge on any atom is -0.396 e. The standard InChI is InChI=1S/C21H27N3O3S/c1-14-7-5-9-17(15(14)2)22-19(26)13-28-20-16-8-3-4-10-18(16)24(11-6-12-25)21(27)23-20/h5,7,9,25H,3-4,6,8,10-13H2,1-2H3,(H,22,26). The van der Waals surface area contributed by atoms with Crippen LogP contribution < -0.4 is 11.0 Å². The first-order valence-corrected chi connectivity index (χ1v) is 10.7. The van der Waals surface area contributed by atoms with Gasteiger partial charge >= 0.3 is 5.69 Å². The molecule has 0 fully saturated rings. The van der Waals surface area contributed by atoms with Crippen molar-refractivity contribution < 1.29 is 9.90 Å². The molecule has 7 heteroatoms. The lowest BCUT2D eigenvalue weighted by Gasteiger charge is -2.22. The van der Waals surface area contributed by atoms with Crippen molar-refractivity contribution >= 4 is 23.4 Å². The van der Waals surface area contributed by atoms with Gasteiger partial charge in [-0.15, -0.1) is 0 Å². The molecule has 0 bridgehead atoms. The molecule has 1 heterocycles. The molecule has 0 saturated heterocycles. The molecule has 0 atom stereocenters. The van der Waals surface area contributed by atoms with Crippen LogP contribution in [-0.4, -0.2) is 32.9 Å². The maximum Gasteiger partial charge on any atom is 0.348 e. The molecule has 2 N–H and O–H groups in total. The SMILES string of the molecule is Cc1cccc(NC(=O)CSc2nc(=O)n(CCCO)c3c2CCCC3)c1C. The minimum absolute atomic E-state index is 0.0518. The average molecular weight is 402 g/mol. The van der Waals surface area contributed by atoms with E-state index >= 15 is 0 Å². The molecule has 0 spiro atoms. The Morgan fingerprint density at radius 2 is 2.07 bits per heavy atom. The van der Waals surface area contributed by atoms with Gasteiger partial charge in [0.2, 0.25) is 5.91 Å². The summed E-state index contributed by atoms with van der Waals surface area (Å²) < 4.78 is 1.70. The summed E-state index contributed by atoms with van der Waals surface area (Å²) >= 11 is 1.33. The monoisotopic (exact) mass is 401 g/mol. The summed E-state index contributed by atoms with van der Waals surface area (Å²) in [6.45, 7) is 4.54. The highest BCUT2D eigenvalue weighted by Gasteiger charge is 2.21. The average Bonchev–Trinajstić information content (AvgIpc) is 2.69. The first-order chi connectivity index (χ1) is 13.5. The molecule has 6 nitrogen and oxygen atoms in total. The highest BCUT2D eigenvalue weighted by Crippen LogP contribution is 2.28. The van der Waals surface area contributed by atoms with Gasteiger partial charge in [0.15, 0.2) is 0 Å². The molecule has 1 aromatic heterocycles. The van der Waals surface area contributed by atoms with Crippen molar-refractivity contribution in [3.63, 3.8) is 0 Å². The van der Waals surface area contributed by atoms with E-state index in [1.54, 1.807) is 4.57 Å². The number of aromatic nitrogens is 2. The van der Waals surface area contributed by atoms with Crippen LogP contribution in [0.1, 0.15) is 41.6 Å². The van der Waals surface area contributed by atoms with Crippen LogP contribution in [0.3, 0.4) is 0 Å². The molecule has 1 aliphatic carbocycles. The number of fused-ring (bicyclic) bond motifs is 1. The number of aliphatic hydroxyl groups excluding tert-OH is 1. The highest BCUT2D eigenvalue weighted by atomic mass is 32.2. The van der Waals surface area contributed by atoms with Gasteiger partial charge in [-0.1, -0.05) is 23.9 Å². The third kappa shape index (κ3) is 4.64. The van der Waals surface area contributed by atoms with Gasteiger partial charge in [0.25, 0.3) is 0 Å². The molecule has 3 rings (SSSR count). The van der Waals surface area contributed by atoms with Gasteiger partial charge in [0.05, 0.1) is 5.75 Å². The van der Waals surface area contributed by atoms with E-state index in [1.165, 1.54) is 11.8 Å².